The Morgan fingerprint density at radius 2 is 1.83 bits per heavy atom. The number of benzene rings is 2. The minimum absolute atomic E-state index is 0.417. The van der Waals surface area contributed by atoms with E-state index in [2.05, 4.69) is 0 Å². The quantitative estimate of drug-likeness (QED) is 0.859. The highest BCUT2D eigenvalue weighted by Gasteiger charge is 2.04. The third kappa shape index (κ3) is 2.87. The van der Waals surface area contributed by atoms with Crippen molar-refractivity contribution in [3.05, 3.63) is 53.1 Å². The number of para-hydroxylation sites is 2. The van der Waals surface area contributed by atoms with Crippen molar-refractivity contribution >= 4 is 17.3 Å². The highest BCUT2D eigenvalue weighted by atomic mass is 35.5. The number of hydrogen-bond acceptors (Lipinski definition) is 3. The van der Waals surface area contributed by atoms with Crippen LogP contribution in [0.1, 0.15) is 5.56 Å². The minimum Gasteiger partial charge on any atom is -0.493 e. The smallest absolute Gasteiger partial charge is 0.161 e. The fourth-order valence-corrected chi connectivity index (χ4v) is 1.76. The summed E-state index contributed by atoms with van der Waals surface area (Å²) in [7, 11) is 1.61. The molecule has 4 heteroatoms. The first kappa shape index (κ1) is 12.6. The van der Waals surface area contributed by atoms with Crippen LogP contribution in [0.3, 0.4) is 0 Å². The maximum absolute atomic E-state index is 5.95. The molecule has 0 fully saturated rings. The van der Waals surface area contributed by atoms with Crippen LogP contribution < -0.4 is 15.2 Å². The van der Waals surface area contributed by atoms with Crippen LogP contribution in [0.5, 0.6) is 11.5 Å². The van der Waals surface area contributed by atoms with Gasteiger partial charge in [0.2, 0.25) is 0 Å². The van der Waals surface area contributed by atoms with Crippen molar-refractivity contribution in [2.75, 3.05) is 12.8 Å². The Bertz CT molecular complexity index is 543. The van der Waals surface area contributed by atoms with E-state index in [-0.39, 0.29) is 0 Å². The van der Waals surface area contributed by atoms with Crippen molar-refractivity contribution in [2.45, 2.75) is 6.61 Å². The zero-order valence-electron chi connectivity index (χ0n) is 10.0. The van der Waals surface area contributed by atoms with E-state index >= 15 is 0 Å². The molecule has 0 aliphatic rings. The van der Waals surface area contributed by atoms with Gasteiger partial charge in [-0.25, -0.2) is 0 Å². The molecular formula is C14H14ClNO2. The van der Waals surface area contributed by atoms with Crippen LogP contribution in [0.15, 0.2) is 42.5 Å². The van der Waals surface area contributed by atoms with Crippen molar-refractivity contribution in [2.24, 2.45) is 0 Å². The van der Waals surface area contributed by atoms with E-state index in [9.17, 15) is 0 Å². The third-order valence-corrected chi connectivity index (χ3v) is 2.86. The van der Waals surface area contributed by atoms with E-state index in [4.69, 9.17) is 26.8 Å². The van der Waals surface area contributed by atoms with Crippen molar-refractivity contribution in [3.8, 4) is 11.5 Å². The molecule has 2 rings (SSSR count). The van der Waals surface area contributed by atoms with Crippen LogP contribution in [-0.2, 0) is 6.61 Å². The van der Waals surface area contributed by atoms with Gasteiger partial charge in [-0.1, -0.05) is 29.8 Å². The number of hydrogen-bond donors (Lipinski definition) is 1. The van der Waals surface area contributed by atoms with Crippen LogP contribution >= 0.6 is 11.6 Å². The molecule has 18 heavy (non-hydrogen) atoms. The number of rotatable bonds is 4. The molecule has 0 bridgehead atoms. The number of ether oxygens (including phenoxy) is 2. The standard InChI is InChI=1S/C14H14ClNO2/c1-17-13-4-2-3-5-14(13)18-9-10-6-7-12(16)11(15)8-10/h2-8H,9,16H2,1H3. The summed E-state index contributed by atoms with van der Waals surface area (Å²) in [6, 6.07) is 13.0. The molecule has 2 aromatic rings. The fraction of sp³-hybridized carbons (Fsp3) is 0.143. The summed E-state index contributed by atoms with van der Waals surface area (Å²) < 4.78 is 10.9. The Kier molecular flexibility index (Phi) is 3.95. The highest BCUT2D eigenvalue weighted by molar-refractivity contribution is 6.33. The zero-order chi connectivity index (χ0) is 13.0. The van der Waals surface area contributed by atoms with Gasteiger partial charge in [0.1, 0.15) is 6.61 Å². The summed E-state index contributed by atoms with van der Waals surface area (Å²) in [5.74, 6) is 1.41. The van der Waals surface area contributed by atoms with Gasteiger partial charge >= 0.3 is 0 Å². The van der Waals surface area contributed by atoms with Crippen molar-refractivity contribution in [3.63, 3.8) is 0 Å². The van der Waals surface area contributed by atoms with Crippen LogP contribution in [0, 0.1) is 0 Å². The number of methoxy groups -OCH3 is 1. The van der Waals surface area contributed by atoms with E-state index in [0.717, 1.165) is 5.56 Å². The maximum Gasteiger partial charge on any atom is 0.161 e. The lowest BCUT2D eigenvalue weighted by Crippen LogP contribution is -1.98. The third-order valence-electron chi connectivity index (χ3n) is 2.53. The summed E-state index contributed by atoms with van der Waals surface area (Å²) in [5.41, 5.74) is 7.17. The molecule has 0 amide bonds. The SMILES string of the molecule is COc1ccccc1OCc1ccc(N)c(Cl)c1. The molecule has 0 unspecified atom stereocenters. The molecule has 94 valence electrons. The van der Waals surface area contributed by atoms with Crippen LogP contribution in [0.25, 0.3) is 0 Å². The largest absolute Gasteiger partial charge is 0.493 e. The second kappa shape index (κ2) is 5.65. The van der Waals surface area contributed by atoms with Crippen molar-refractivity contribution < 1.29 is 9.47 Å². The number of nitrogen functional groups attached to an aromatic ring is 1. The van der Waals surface area contributed by atoms with E-state index < -0.39 is 0 Å². The molecule has 0 atom stereocenters. The highest BCUT2D eigenvalue weighted by Crippen LogP contribution is 2.27. The average Bonchev–Trinajstić information content (AvgIpc) is 2.40. The Labute approximate surface area is 111 Å². The normalized spacial score (nSPS) is 10.1. The first-order valence-corrected chi connectivity index (χ1v) is 5.88. The van der Waals surface area contributed by atoms with Gasteiger partial charge in [-0.05, 0) is 29.8 Å². The predicted octanol–water partition coefficient (Wildman–Crippen LogP) is 3.51. The second-order valence-electron chi connectivity index (χ2n) is 3.80. The van der Waals surface area contributed by atoms with Crippen LogP contribution in [0.4, 0.5) is 5.69 Å². The van der Waals surface area contributed by atoms with E-state index in [1.807, 2.05) is 30.3 Å². The Hall–Kier alpha value is -1.87. The molecule has 3 nitrogen and oxygen atoms in total. The fourth-order valence-electron chi connectivity index (χ4n) is 1.56. The van der Waals surface area contributed by atoms with Crippen LogP contribution in [-0.4, -0.2) is 7.11 Å². The summed E-state index contributed by atoms with van der Waals surface area (Å²) >= 11 is 5.95. The van der Waals surface area contributed by atoms with Crippen molar-refractivity contribution in [1.29, 1.82) is 0 Å². The van der Waals surface area contributed by atoms with Gasteiger partial charge < -0.3 is 15.2 Å². The first-order chi connectivity index (χ1) is 8.70. The van der Waals surface area contributed by atoms with Gasteiger partial charge in [0.25, 0.3) is 0 Å². The Balaban J connectivity index is 2.09. The monoisotopic (exact) mass is 263 g/mol. The Morgan fingerprint density at radius 1 is 1.11 bits per heavy atom. The number of nitrogens with two attached hydrogens (primary N) is 1. The van der Waals surface area contributed by atoms with Crippen molar-refractivity contribution in [1.82, 2.24) is 0 Å². The molecule has 0 saturated heterocycles. The first-order valence-electron chi connectivity index (χ1n) is 5.50. The predicted molar refractivity (Wildman–Crippen MR) is 73.2 cm³/mol. The summed E-state index contributed by atoms with van der Waals surface area (Å²) in [4.78, 5) is 0. The second-order valence-corrected chi connectivity index (χ2v) is 4.20. The summed E-state index contributed by atoms with van der Waals surface area (Å²) in [6.45, 7) is 0.417. The number of halogens is 1. The van der Waals surface area contributed by atoms with Gasteiger partial charge in [-0.3, -0.25) is 0 Å². The van der Waals surface area contributed by atoms with Gasteiger partial charge in [-0.15, -0.1) is 0 Å². The van der Waals surface area contributed by atoms with E-state index in [1.54, 1.807) is 19.2 Å². The van der Waals surface area contributed by atoms with Gasteiger partial charge in [-0.2, -0.15) is 0 Å². The molecule has 0 aliphatic heterocycles. The van der Waals surface area contributed by atoms with Gasteiger partial charge in [0.15, 0.2) is 11.5 Å². The summed E-state index contributed by atoms with van der Waals surface area (Å²) in [5, 5.41) is 0.538. The molecule has 2 aromatic carbocycles. The lowest BCUT2D eigenvalue weighted by molar-refractivity contribution is 0.284. The molecule has 0 aliphatic carbocycles. The molecule has 2 N–H and O–H groups in total. The molecule has 0 heterocycles. The molecule has 0 aromatic heterocycles. The zero-order valence-corrected chi connectivity index (χ0v) is 10.8. The summed E-state index contributed by atoms with van der Waals surface area (Å²) in [6.07, 6.45) is 0. The molecule has 0 radical (unpaired) electrons. The van der Waals surface area contributed by atoms with Crippen LogP contribution in [0.2, 0.25) is 5.02 Å². The molecule has 0 spiro atoms. The Morgan fingerprint density at radius 3 is 2.50 bits per heavy atom. The van der Waals surface area contributed by atoms with Gasteiger partial charge in [0.05, 0.1) is 17.8 Å². The lowest BCUT2D eigenvalue weighted by Gasteiger charge is -2.10. The van der Waals surface area contributed by atoms with E-state index in [1.165, 1.54) is 0 Å². The number of anilines is 1. The minimum atomic E-state index is 0.417. The topological polar surface area (TPSA) is 44.5 Å². The lowest BCUT2D eigenvalue weighted by atomic mass is 10.2. The van der Waals surface area contributed by atoms with Gasteiger partial charge in [0, 0.05) is 0 Å². The molecular weight excluding hydrogens is 250 g/mol. The van der Waals surface area contributed by atoms with E-state index in [0.29, 0.717) is 28.8 Å². The average molecular weight is 264 g/mol. The maximum atomic E-state index is 5.95. The molecule has 0 saturated carbocycles.